The summed E-state index contributed by atoms with van der Waals surface area (Å²) >= 11 is 0. The molecule has 0 fully saturated rings. The van der Waals surface area contributed by atoms with E-state index < -0.39 is 0 Å². The van der Waals surface area contributed by atoms with E-state index in [0.717, 1.165) is 17.7 Å². The molecule has 0 aliphatic rings. The lowest BCUT2D eigenvalue weighted by molar-refractivity contribution is -0.116. The molecule has 1 N–H and O–H groups in total. The number of methoxy groups -OCH3 is 1. The summed E-state index contributed by atoms with van der Waals surface area (Å²) in [5.74, 6) is 0.636. The number of hydrogen-bond acceptors (Lipinski definition) is 3. The normalized spacial score (nSPS) is 10.7. The van der Waals surface area contributed by atoms with E-state index in [4.69, 9.17) is 9.47 Å². The Morgan fingerprint density at radius 3 is 2.52 bits per heavy atom. The molecule has 0 spiro atoms. The summed E-state index contributed by atoms with van der Waals surface area (Å²) in [7, 11) is 1.58. The maximum Gasteiger partial charge on any atom is 0.244 e. The molecule has 0 heterocycles. The number of nitrogens with one attached hydrogen (secondary N) is 1. The maximum absolute atomic E-state index is 11.8. The smallest absolute Gasteiger partial charge is 0.244 e. The number of rotatable bonds is 8. The molecule has 0 atom stereocenters. The van der Waals surface area contributed by atoms with Crippen molar-refractivity contribution in [3.63, 3.8) is 0 Å². The van der Waals surface area contributed by atoms with E-state index in [1.54, 1.807) is 13.2 Å². The van der Waals surface area contributed by atoms with Gasteiger partial charge in [0.1, 0.15) is 5.75 Å². The SMILES string of the molecule is COCOc1ccc(/C=C/C(=O)NCCc2ccccc2)cc1. The average molecular weight is 311 g/mol. The molecule has 23 heavy (non-hydrogen) atoms. The van der Waals surface area contributed by atoms with Crippen LogP contribution in [0.4, 0.5) is 0 Å². The van der Waals surface area contributed by atoms with Gasteiger partial charge >= 0.3 is 0 Å². The van der Waals surface area contributed by atoms with Crippen molar-refractivity contribution >= 4 is 12.0 Å². The van der Waals surface area contributed by atoms with E-state index in [1.807, 2.05) is 42.5 Å². The van der Waals surface area contributed by atoms with Gasteiger partial charge in [-0.3, -0.25) is 4.79 Å². The summed E-state index contributed by atoms with van der Waals surface area (Å²) in [5, 5.41) is 2.87. The minimum Gasteiger partial charge on any atom is -0.468 e. The van der Waals surface area contributed by atoms with Crippen molar-refractivity contribution in [2.75, 3.05) is 20.4 Å². The second-order valence-electron chi connectivity index (χ2n) is 4.98. The maximum atomic E-state index is 11.8. The molecule has 0 bridgehead atoms. The zero-order chi connectivity index (χ0) is 16.3. The Morgan fingerprint density at radius 1 is 1.09 bits per heavy atom. The molecule has 4 nitrogen and oxygen atoms in total. The highest BCUT2D eigenvalue weighted by molar-refractivity contribution is 5.91. The number of amides is 1. The lowest BCUT2D eigenvalue weighted by Crippen LogP contribution is -2.23. The van der Waals surface area contributed by atoms with Crippen LogP contribution in [-0.2, 0) is 16.0 Å². The molecular weight excluding hydrogens is 290 g/mol. The van der Waals surface area contributed by atoms with E-state index in [2.05, 4.69) is 17.4 Å². The molecule has 4 heteroatoms. The van der Waals surface area contributed by atoms with Crippen molar-refractivity contribution in [2.24, 2.45) is 0 Å². The van der Waals surface area contributed by atoms with Gasteiger partial charge in [-0.1, -0.05) is 42.5 Å². The summed E-state index contributed by atoms with van der Waals surface area (Å²) < 4.78 is 10.1. The number of benzene rings is 2. The third-order valence-electron chi connectivity index (χ3n) is 3.21. The molecule has 2 aromatic carbocycles. The Morgan fingerprint density at radius 2 is 1.83 bits per heavy atom. The van der Waals surface area contributed by atoms with Crippen molar-refractivity contribution < 1.29 is 14.3 Å². The fourth-order valence-electron chi connectivity index (χ4n) is 2.01. The fraction of sp³-hybridized carbons (Fsp3) is 0.211. The fourth-order valence-corrected chi connectivity index (χ4v) is 2.01. The van der Waals surface area contributed by atoms with Crippen LogP contribution in [-0.4, -0.2) is 26.4 Å². The largest absolute Gasteiger partial charge is 0.468 e. The summed E-state index contributed by atoms with van der Waals surface area (Å²) in [6, 6.07) is 17.5. The number of hydrogen-bond donors (Lipinski definition) is 1. The van der Waals surface area contributed by atoms with Crippen LogP contribution in [0.25, 0.3) is 6.08 Å². The molecule has 0 aromatic heterocycles. The number of carbonyl (C=O) groups excluding carboxylic acids is 1. The van der Waals surface area contributed by atoms with Crippen LogP contribution in [0.5, 0.6) is 5.75 Å². The molecule has 120 valence electrons. The minimum atomic E-state index is -0.0966. The Labute approximate surface area is 136 Å². The van der Waals surface area contributed by atoms with Crippen molar-refractivity contribution in [1.29, 1.82) is 0 Å². The van der Waals surface area contributed by atoms with Gasteiger partial charge in [-0.15, -0.1) is 0 Å². The Hall–Kier alpha value is -2.59. The topological polar surface area (TPSA) is 47.6 Å². The number of carbonyl (C=O) groups is 1. The molecule has 0 aliphatic carbocycles. The first-order chi connectivity index (χ1) is 11.3. The predicted octanol–water partition coefficient (Wildman–Crippen LogP) is 3.04. The van der Waals surface area contributed by atoms with Crippen molar-refractivity contribution in [3.05, 3.63) is 71.8 Å². The zero-order valence-corrected chi connectivity index (χ0v) is 13.2. The average Bonchev–Trinajstić information content (AvgIpc) is 2.60. The van der Waals surface area contributed by atoms with Crippen LogP contribution in [0.2, 0.25) is 0 Å². The highest BCUT2D eigenvalue weighted by atomic mass is 16.7. The lowest BCUT2D eigenvalue weighted by Gasteiger charge is -2.04. The number of ether oxygens (including phenoxy) is 2. The molecule has 0 aliphatic heterocycles. The summed E-state index contributed by atoms with van der Waals surface area (Å²) in [6.07, 6.45) is 4.14. The van der Waals surface area contributed by atoms with Crippen LogP contribution >= 0.6 is 0 Å². The van der Waals surface area contributed by atoms with Crippen LogP contribution in [0.1, 0.15) is 11.1 Å². The first kappa shape index (κ1) is 16.8. The van der Waals surface area contributed by atoms with Crippen LogP contribution in [0, 0.1) is 0 Å². The van der Waals surface area contributed by atoms with Crippen LogP contribution in [0.15, 0.2) is 60.7 Å². The second kappa shape index (κ2) is 9.43. The standard InChI is InChI=1S/C19H21NO3/c1-22-15-23-18-10-7-17(8-11-18)9-12-19(21)20-14-13-16-5-3-2-4-6-16/h2-12H,13-15H2,1H3,(H,20,21)/b12-9+. The van der Waals surface area contributed by atoms with Crippen molar-refractivity contribution in [3.8, 4) is 5.75 Å². The van der Waals surface area contributed by atoms with E-state index >= 15 is 0 Å². The first-order valence-corrected chi connectivity index (χ1v) is 7.49. The van der Waals surface area contributed by atoms with Gasteiger partial charge < -0.3 is 14.8 Å². The molecule has 0 saturated heterocycles. The van der Waals surface area contributed by atoms with E-state index in [-0.39, 0.29) is 12.7 Å². The van der Waals surface area contributed by atoms with Gasteiger partial charge in [-0.25, -0.2) is 0 Å². The molecule has 0 saturated carbocycles. The Kier molecular flexibility index (Phi) is 6.88. The van der Waals surface area contributed by atoms with Gasteiger partial charge in [0.05, 0.1) is 0 Å². The van der Waals surface area contributed by atoms with Crippen LogP contribution in [0.3, 0.4) is 0 Å². The van der Waals surface area contributed by atoms with Crippen molar-refractivity contribution in [1.82, 2.24) is 5.32 Å². The minimum absolute atomic E-state index is 0.0966. The second-order valence-corrected chi connectivity index (χ2v) is 4.98. The van der Waals surface area contributed by atoms with Crippen LogP contribution < -0.4 is 10.1 Å². The Bertz CT molecular complexity index is 621. The van der Waals surface area contributed by atoms with E-state index in [9.17, 15) is 4.79 Å². The molecule has 2 aromatic rings. The van der Waals surface area contributed by atoms with Gasteiger partial charge in [0, 0.05) is 19.7 Å². The molecule has 2 rings (SSSR count). The van der Waals surface area contributed by atoms with Crippen molar-refractivity contribution in [2.45, 2.75) is 6.42 Å². The van der Waals surface area contributed by atoms with Gasteiger partial charge in [0.25, 0.3) is 0 Å². The van der Waals surface area contributed by atoms with E-state index in [1.165, 1.54) is 11.6 Å². The zero-order valence-electron chi connectivity index (χ0n) is 13.2. The third-order valence-corrected chi connectivity index (χ3v) is 3.21. The van der Waals surface area contributed by atoms with Gasteiger partial charge in [-0.05, 0) is 35.8 Å². The summed E-state index contributed by atoms with van der Waals surface area (Å²) in [5.41, 5.74) is 2.15. The van der Waals surface area contributed by atoms with Gasteiger partial charge in [0.2, 0.25) is 5.91 Å². The third kappa shape index (κ3) is 6.36. The van der Waals surface area contributed by atoms with Gasteiger partial charge in [-0.2, -0.15) is 0 Å². The highest BCUT2D eigenvalue weighted by Crippen LogP contribution is 2.13. The quantitative estimate of drug-likeness (QED) is 0.602. The molecule has 1 amide bonds. The Balaban J connectivity index is 1.74. The molecule has 0 unspecified atom stereocenters. The summed E-state index contributed by atoms with van der Waals surface area (Å²) in [4.78, 5) is 11.8. The lowest BCUT2D eigenvalue weighted by atomic mass is 10.1. The summed E-state index contributed by atoms with van der Waals surface area (Å²) in [6.45, 7) is 0.843. The first-order valence-electron chi connectivity index (χ1n) is 7.49. The molecule has 0 radical (unpaired) electrons. The predicted molar refractivity (Wildman–Crippen MR) is 91.1 cm³/mol. The van der Waals surface area contributed by atoms with Gasteiger partial charge in [0.15, 0.2) is 6.79 Å². The molecular formula is C19H21NO3. The highest BCUT2D eigenvalue weighted by Gasteiger charge is 1.97. The monoisotopic (exact) mass is 311 g/mol. The van der Waals surface area contributed by atoms with E-state index in [0.29, 0.717) is 6.54 Å².